The van der Waals surface area contributed by atoms with Gasteiger partial charge in [-0.25, -0.2) is 8.78 Å². The molecule has 4 nitrogen and oxygen atoms in total. The lowest BCUT2D eigenvalue weighted by Gasteiger charge is -2.12. The fourth-order valence-electron chi connectivity index (χ4n) is 3.57. The zero-order chi connectivity index (χ0) is 21.4. The van der Waals surface area contributed by atoms with Crippen LogP contribution in [0.1, 0.15) is 26.3 Å². The van der Waals surface area contributed by atoms with Crippen molar-refractivity contribution in [3.63, 3.8) is 0 Å². The number of aldehydes is 2. The van der Waals surface area contributed by atoms with Crippen LogP contribution in [0.5, 0.6) is 5.75 Å². The molecule has 30 heavy (non-hydrogen) atoms. The average Bonchev–Trinajstić information content (AvgIpc) is 3.14. The van der Waals surface area contributed by atoms with Gasteiger partial charge in [0.05, 0.1) is 23.6 Å². The fraction of sp³-hybridized carbons (Fsp3) is 0.0833. The number of carbonyl (C=O) groups is 2. The summed E-state index contributed by atoms with van der Waals surface area (Å²) in [6.07, 6.45) is 1.16. The van der Waals surface area contributed by atoms with Gasteiger partial charge in [-0.3, -0.25) is 9.59 Å². The molecule has 0 bridgehead atoms. The normalized spacial score (nSPS) is 10.9. The number of halogens is 2. The first-order chi connectivity index (χ1) is 14.5. The summed E-state index contributed by atoms with van der Waals surface area (Å²) in [6.45, 7) is 1.77. The van der Waals surface area contributed by atoms with Crippen LogP contribution in [0.3, 0.4) is 0 Å². The Morgan fingerprint density at radius 2 is 1.67 bits per heavy atom. The van der Waals surface area contributed by atoms with Crippen LogP contribution in [-0.4, -0.2) is 19.7 Å². The van der Waals surface area contributed by atoms with Crippen molar-refractivity contribution < 1.29 is 27.5 Å². The number of ether oxygens (including phenoxy) is 1. The molecule has 4 rings (SSSR count). The summed E-state index contributed by atoms with van der Waals surface area (Å²) < 4.78 is 39.8. The van der Waals surface area contributed by atoms with Gasteiger partial charge in [-0.05, 0) is 66.6 Å². The van der Waals surface area contributed by atoms with Crippen LogP contribution in [-0.2, 0) is 0 Å². The van der Waals surface area contributed by atoms with Crippen LogP contribution in [0.2, 0.25) is 0 Å². The van der Waals surface area contributed by atoms with Crippen molar-refractivity contribution >= 4 is 23.5 Å². The molecule has 0 atom stereocenters. The minimum atomic E-state index is -0.642. The predicted octanol–water partition coefficient (Wildman–Crippen LogP) is 5.99. The van der Waals surface area contributed by atoms with E-state index in [1.54, 1.807) is 25.1 Å². The van der Waals surface area contributed by atoms with Crippen LogP contribution in [0.15, 0.2) is 52.9 Å². The van der Waals surface area contributed by atoms with Gasteiger partial charge in [0.2, 0.25) is 0 Å². The second-order valence-corrected chi connectivity index (χ2v) is 6.80. The van der Waals surface area contributed by atoms with E-state index in [1.165, 1.54) is 37.4 Å². The summed E-state index contributed by atoms with van der Waals surface area (Å²) in [5.41, 5.74) is 2.40. The number of hydrogen-bond donors (Lipinski definition) is 0. The largest absolute Gasteiger partial charge is 0.496 e. The van der Waals surface area contributed by atoms with E-state index in [0.29, 0.717) is 35.0 Å². The Hall–Kier alpha value is -3.80. The van der Waals surface area contributed by atoms with E-state index in [1.807, 2.05) is 0 Å². The van der Waals surface area contributed by atoms with E-state index in [4.69, 9.17) is 9.15 Å². The molecule has 150 valence electrons. The summed E-state index contributed by atoms with van der Waals surface area (Å²) >= 11 is 0. The smallest absolute Gasteiger partial charge is 0.154 e. The van der Waals surface area contributed by atoms with Gasteiger partial charge >= 0.3 is 0 Å². The Morgan fingerprint density at radius 3 is 2.30 bits per heavy atom. The zero-order valence-corrected chi connectivity index (χ0v) is 16.2. The SMILES string of the molecule is COc1cc(C)c(-c2ccc3oc(-c4ccc(F)cc4)c(C=O)c3c2F)cc1C=O. The Balaban J connectivity index is 1.97. The molecule has 0 radical (unpaired) electrons. The standard InChI is InChI=1S/C24H16F2O4/c1-13-9-21(29-2)15(11-27)10-18(13)17-7-8-20-22(23(17)26)19(12-28)24(30-20)14-3-5-16(25)6-4-14/h3-12H,1-2H3. The second kappa shape index (κ2) is 7.55. The molecule has 3 aromatic carbocycles. The van der Waals surface area contributed by atoms with Crippen LogP contribution in [0, 0.1) is 18.6 Å². The highest BCUT2D eigenvalue weighted by molar-refractivity contribution is 6.04. The first-order valence-corrected chi connectivity index (χ1v) is 9.08. The van der Waals surface area contributed by atoms with Gasteiger partial charge in [0.1, 0.15) is 28.7 Å². The first kappa shape index (κ1) is 19.5. The van der Waals surface area contributed by atoms with E-state index in [0.717, 1.165) is 0 Å². The van der Waals surface area contributed by atoms with Gasteiger partial charge in [0, 0.05) is 11.1 Å². The molecule has 1 heterocycles. The third kappa shape index (κ3) is 3.06. The Labute approximate surface area is 170 Å². The molecule has 0 amide bonds. The van der Waals surface area contributed by atoms with E-state index in [9.17, 15) is 14.0 Å². The van der Waals surface area contributed by atoms with E-state index < -0.39 is 11.6 Å². The average molecular weight is 406 g/mol. The zero-order valence-electron chi connectivity index (χ0n) is 16.2. The molecule has 1 aromatic heterocycles. The van der Waals surface area contributed by atoms with E-state index in [2.05, 4.69) is 0 Å². The lowest BCUT2D eigenvalue weighted by atomic mass is 9.95. The molecule has 0 spiro atoms. The number of hydrogen-bond acceptors (Lipinski definition) is 4. The number of fused-ring (bicyclic) bond motifs is 1. The highest BCUT2D eigenvalue weighted by atomic mass is 19.1. The molecule has 4 aromatic rings. The van der Waals surface area contributed by atoms with Crippen molar-refractivity contribution in [2.75, 3.05) is 7.11 Å². The second-order valence-electron chi connectivity index (χ2n) is 6.80. The number of furan rings is 1. The van der Waals surface area contributed by atoms with Gasteiger partial charge in [-0.15, -0.1) is 0 Å². The van der Waals surface area contributed by atoms with Crippen molar-refractivity contribution in [3.8, 4) is 28.2 Å². The Morgan fingerprint density at radius 1 is 0.933 bits per heavy atom. The van der Waals surface area contributed by atoms with Gasteiger partial charge in [-0.1, -0.05) is 0 Å². The van der Waals surface area contributed by atoms with Crippen LogP contribution in [0.4, 0.5) is 8.78 Å². The minimum absolute atomic E-state index is 0.0321. The molecule has 6 heteroatoms. The summed E-state index contributed by atoms with van der Waals surface area (Å²) in [7, 11) is 1.45. The van der Waals surface area contributed by atoms with Crippen LogP contribution < -0.4 is 4.74 Å². The monoisotopic (exact) mass is 406 g/mol. The van der Waals surface area contributed by atoms with Gasteiger partial charge < -0.3 is 9.15 Å². The number of rotatable bonds is 5. The summed E-state index contributed by atoms with van der Waals surface area (Å²) in [5.74, 6) is -0.520. The lowest BCUT2D eigenvalue weighted by Crippen LogP contribution is -1.96. The maximum Gasteiger partial charge on any atom is 0.154 e. The molecule has 0 aliphatic carbocycles. The molecule has 0 aliphatic rings. The molecule has 0 saturated carbocycles. The maximum absolute atomic E-state index is 15.6. The van der Waals surface area contributed by atoms with Crippen molar-refractivity contribution in [2.24, 2.45) is 0 Å². The highest BCUT2D eigenvalue weighted by Crippen LogP contribution is 2.39. The van der Waals surface area contributed by atoms with Crippen molar-refractivity contribution in [2.45, 2.75) is 6.92 Å². The number of carbonyl (C=O) groups excluding carboxylic acids is 2. The minimum Gasteiger partial charge on any atom is -0.496 e. The van der Waals surface area contributed by atoms with Gasteiger partial charge in [0.15, 0.2) is 12.6 Å². The summed E-state index contributed by atoms with van der Waals surface area (Å²) in [4.78, 5) is 23.2. The molecular weight excluding hydrogens is 390 g/mol. The maximum atomic E-state index is 15.6. The van der Waals surface area contributed by atoms with Gasteiger partial charge in [0.25, 0.3) is 0 Å². The predicted molar refractivity (Wildman–Crippen MR) is 109 cm³/mol. The van der Waals surface area contributed by atoms with Gasteiger partial charge in [-0.2, -0.15) is 0 Å². The number of methoxy groups -OCH3 is 1. The van der Waals surface area contributed by atoms with Crippen LogP contribution >= 0.6 is 0 Å². The molecule has 0 unspecified atom stereocenters. The topological polar surface area (TPSA) is 56.5 Å². The fourth-order valence-corrected chi connectivity index (χ4v) is 3.57. The van der Waals surface area contributed by atoms with E-state index in [-0.39, 0.29) is 33.4 Å². The van der Waals surface area contributed by atoms with Crippen molar-refractivity contribution in [1.29, 1.82) is 0 Å². The molecule has 0 fully saturated rings. The number of benzene rings is 3. The summed E-state index contributed by atoms with van der Waals surface area (Å²) in [5, 5.41) is 0.0321. The lowest BCUT2D eigenvalue weighted by molar-refractivity contribution is 0.111. The number of aryl methyl sites for hydroxylation is 1. The third-order valence-corrected chi connectivity index (χ3v) is 5.05. The van der Waals surface area contributed by atoms with Crippen LogP contribution in [0.25, 0.3) is 33.4 Å². The quantitative estimate of drug-likeness (QED) is 0.382. The molecule has 0 saturated heterocycles. The van der Waals surface area contributed by atoms with Crippen molar-refractivity contribution in [3.05, 3.63) is 76.9 Å². The Bertz CT molecular complexity index is 1290. The Kier molecular flexibility index (Phi) is 4.91. The highest BCUT2D eigenvalue weighted by Gasteiger charge is 2.22. The first-order valence-electron chi connectivity index (χ1n) is 9.08. The molecule has 0 N–H and O–H groups in total. The molecular formula is C24H16F2O4. The summed E-state index contributed by atoms with van der Waals surface area (Å²) in [6, 6.07) is 11.7. The van der Waals surface area contributed by atoms with Crippen molar-refractivity contribution in [1.82, 2.24) is 0 Å². The van der Waals surface area contributed by atoms with E-state index >= 15 is 4.39 Å². The third-order valence-electron chi connectivity index (χ3n) is 5.05. The molecule has 0 aliphatic heterocycles.